The van der Waals surface area contributed by atoms with Crippen LogP contribution in [-0.2, 0) is 65.4 Å². The normalized spacial score (nSPS) is 14.2. The van der Waals surface area contributed by atoms with Gasteiger partial charge in [0.1, 0.15) is 19.3 Å². The van der Waals surface area contributed by atoms with E-state index in [4.69, 9.17) is 37.0 Å². The molecule has 0 heterocycles. The van der Waals surface area contributed by atoms with Crippen LogP contribution in [0.1, 0.15) is 330 Å². The lowest BCUT2D eigenvalue weighted by atomic mass is 10.0. The number of carbonyl (C=O) groups is 4. The molecule has 0 amide bonds. The van der Waals surface area contributed by atoms with Gasteiger partial charge in [-0.05, 0) is 31.6 Å². The van der Waals surface area contributed by atoms with Crippen LogP contribution in [0, 0.1) is 5.92 Å². The fourth-order valence-corrected chi connectivity index (χ4v) is 11.3. The van der Waals surface area contributed by atoms with E-state index in [0.29, 0.717) is 31.6 Å². The highest BCUT2D eigenvalue weighted by atomic mass is 31.2. The van der Waals surface area contributed by atoms with Crippen molar-refractivity contribution in [1.82, 2.24) is 0 Å². The predicted molar refractivity (Wildman–Crippen MR) is 335 cm³/mol. The summed E-state index contributed by atoms with van der Waals surface area (Å²) in [6, 6.07) is 0. The average Bonchev–Trinajstić information content (AvgIpc) is 3.61. The maximum atomic E-state index is 13.0. The number of ether oxygens (including phenoxy) is 4. The van der Waals surface area contributed by atoms with Crippen molar-refractivity contribution in [1.29, 1.82) is 0 Å². The standard InChI is InChI=1S/C65H126O17P2/c1-6-9-12-15-17-19-20-21-22-23-24-25-26-27-28-29-30-31-35-41-46-51-65(70)82-61(55-76-63(68)49-44-39-36-32-33-38-42-47-58(4)5)57-80-84(73,74)78-53-59(66)52-77-83(71,72)79-56-60(54-75-62(67)48-43-37-14-11-8-3)81-64(69)50-45-40-34-18-16-13-10-7-2/h58-61,66H,6-57H2,1-5H3,(H,71,72)(H,73,74)/t59-,60+,61+/m0/s1. The number of rotatable bonds is 65. The van der Waals surface area contributed by atoms with E-state index in [1.165, 1.54) is 135 Å². The second kappa shape index (κ2) is 58.7. The van der Waals surface area contributed by atoms with Crippen LogP contribution in [0.2, 0.25) is 0 Å². The first kappa shape index (κ1) is 82.1. The minimum atomic E-state index is -4.94. The molecule has 84 heavy (non-hydrogen) atoms. The molecule has 2 unspecified atom stereocenters. The van der Waals surface area contributed by atoms with Gasteiger partial charge in [-0.25, -0.2) is 9.13 Å². The summed E-state index contributed by atoms with van der Waals surface area (Å²) in [5, 5.41) is 10.5. The number of hydrogen-bond acceptors (Lipinski definition) is 15. The highest BCUT2D eigenvalue weighted by Gasteiger charge is 2.30. The Morgan fingerprint density at radius 2 is 0.548 bits per heavy atom. The summed E-state index contributed by atoms with van der Waals surface area (Å²) < 4.78 is 67.7. The molecular weight excluding hydrogens is 1110 g/mol. The molecule has 0 aliphatic rings. The Morgan fingerprint density at radius 1 is 0.321 bits per heavy atom. The third-order valence-electron chi connectivity index (χ3n) is 15.0. The molecule has 0 spiro atoms. The van der Waals surface area contributed by atoms with Crippen molar-refractivity contribution in [2.24, 2.45) is 5.92 Å². The van der Waals surface area contributed by atoms with Gasteiger partial charge in [0.05, 0.1) is 26.4 Å². The Hall–Kier alpha value is -1.94. The molecule has 0 radical (unpaired) electrons. The van der Waals surface area contributed by atoms with Crippen molar-refractivity contribution in [3.63, 3.8) is 0 Å². The summed E-state index contributed by atoms with van der Waals surface area (Å²) >= 11 is 0. The maximum Gasteiger partial charge on any atom is 0.472 e. The quantitative estimate of drug-likeness (QED) is 0.0222. The Morgan fingerprint density at radius 3 is 0.810 bits per heavy atom. The first-order valence-electron chi connectivity index (χ1n) is 34.1. The lowest BCUT2D eigenvalue weighted by molar-refractivity contribution is -0.161. The van der Waals surface area contributed by atoms with Crippen LogP contribution in [0.4, 0.5) is 0 Å². The number of aliphatic hydroxyl groups is 1. The van der Waals surface area contributed by atoms with Gasteiger partial charge in [0.25, 0.3) is 0 Å². The summed E-state index contributed by atoms with van der Waals surface area (Å²) in [6.45, 7) is 7.02. The van der Waals surface area contributed by atoms with Gasteiger partial charge in [-0.2, -0.15) is 0 Å². The monoisotopic (exact) mass is 1240 g/mol. The van der Waals surface area contributed by atoms with Crippen molar-refractivity contribution >= 4 is 39.5 Å². The molecule has 19 heteroatoms. The topological polar surface area (TPSA) is 237 Å². The van der Waals surface area contributed by atoms with Crippen molar-refractivity contribution in [3.05, 3.63) is 0 Å². The third-order valence-corrected chi connectivity index (χ3v) is 16.9. The van der Waals surface area contributed by atoms with Crippen LogP contribution >= 0.6 is 15.6 Å². The molecule has 17 nitrogen and oxygen atoms in total. The summed E-state index contributed by atoms with van der Waals surface area (Å²) in [5.41, 5.74) is 0. The van der Waals surface area contributed by atoms with Crippen LogP contribution in [0.3, 0.4) is 0 Å². The average molecular weight is 1240 g/mol. The van der Waals surface area contributed by atoms with E-state index < -0.39 is 97.5 Å². The minimum absolute atomic E-state index is 0.104. The fraction of sp³-hybridized carbons (Fsp3) is 0.938. The maximum absolute atomic E-state index is 13.0. The van der Waals surface area contributed by atoms with Gasteiger partial charge in [-0.1, -0.05) is 279 Å². The molecule has 0 aromatic carbocycles. The van der Waals surface area contributed by atoms with Gasteiger partial charge in [0, 0.05) is 25.7 Å². The number of esters is 4. The zero-order valence-corrected chi connectivity index (χ0v) is 55.8. The number of aliphatic hydroxyl groups excluding tert-OH is 1. The number of phosphoric acid groups is 2. The fourth-order valence-electron chi connectivity index (χ4n) is 9.76. The number of unbranched alkanes of at least 4 members (excludes halogenated alkanes) is 37. The molecule has 0 fully saturated rings. The second-order valence-corrected chi connectivity index (χ2v) is 26.9. The van der Waals surface area contributed by atoms with Crippen LogP contribution in [0.5, 0.6) is 0 Å². The van der Waals surface area contributed by atoms with E-state index in [1.54, 1.807) is 0 Å². The molecule has 5 atom stereocenters. The summed E-state index contributed by atoms with van der Waals surface area (Å²) in [5.74, 6) is -1.44. The van der Waals surface area contributed by atoms with E-state index in [9.17, 15) is 43.2 Å². The van der Waals surface area contributed by atoms with Crippen LogP contribution in [0.15, 0.2) is 0 Å². The highest BCUT2D eigenvalue weighted by molar-refractivity contribution is 7.47. The summed E-state index contributed by atoms with van der Waals surface area (Å²) in [7, 11) is -9.87. The predicted octanol–water partition coefficient (Wildman–Crippen LogP) is 18.2. The van der Waals surface area contributed by atoms with Crippen molar-refractivity contribution in [3.8, 4) is 0 Å². The highest BCUT2D eigenvalue weighted by Crippen LogP contribution is 2.45. The van der Waals surface area contributed by atoms with E-state index >= 15 is 0 Å². The number of hydrogen-bond donors (Lipinski definition) is 3. The molecule has 0 bridgehead atoms. The Kier molecular flexibility index (Phi) is 57.4. The van der Waals surface area contributed by atoms with Gasteiger partial charge in [0.2, 0.25) is 0 Å². The van der Waals surface area contributed by atoms with Gasteiger partial charge < -0.3 is 33.8 Å². The molecule has 0 saturated carbocycles. The van der Waals surface area contributed by atoms with Crippen molar-refractivity contribution in [2.75, 3.05) is 39.6 Å². The van der Waals surface area contributed by atoms with Crippen LogP contribution < -0.4 is 0 Å². The van der Waals surface area contributed by atoms with Crippen LogP contribution in [0.25, 0.3) is 0 Å². The van der Waals surface area contributed by atoms with Gasteiger partial charge in [-0.15, -0.1) is 0 Å². The van der Waals surface area contributed by atoms with E-state index in [1.807, 2.05) is 0 Å². The van der Waals surface area contributed by atoms with E-state index in [2.05, 4.69) is 34.6 Å². The lowest BCUT2D eigenvalue weighted by Crippen LogP contribution is -2.30. The molecule has 0 saturated heterocycles. The van der Waals surface area contributed by atoms with Gasteiger partial charge in [0.15, 0.2) is 12.2 Å². The molecule has 0 aromatic heterocycles. The molecule has 0 aromatic rings. The van der Waals surface area contributed by atoms with Crippen molar-refractivity contribution in [2.45, 2.75) is 348 Å². The molecule has 0 aliphatic heterocycles. The lowest BCUT2D eigenvalue weighted by Gasteiger charge is -2.21. The Labute approximate surface area is 511 Å². The van der Waals surface area contributed by atoms with Crippen LogP contribution in [-0.4, -0.2) is 96.7 Å². The number of phosphoric ester groups is 2. The largest absolute Gasteiger partial charge is 0.472 e. The molecule has 0 aliphatic carbocycles. The number of carbonyl (C=O) groups excluding carboxylic acids is 4. The molecule has 498 valence electrons. The van der Waals surface area contributed by atoms with Crippen molar-refractivity contribution < 1.29 is 80.2 Å². The molecular formula is C65H126O17P2. The zero-order valence-electron chi connectivity index (χ0n) is 54.0. The van der Waals surface area contributed by atoms with Gasteiger partial charge >= 0.3 is 39.5 Å². The van der Waals surface area contributed by atoms with Gasteiger partial charge in [-0.3, -0.25) is 37.3 Å². The summed E-state index contributed by atoms with van der Waals surface area (Å²) in [4.78, 5) is 71.8. The molecule has 3 N–H and O–H groups in total. The first-order chi connectivity index (χ1) is 40.5. The van der Waals surface area contributed by atoms with E-state index in [0.717, 1.165) is 109 Å². The minimum Gasteiger partial charge on any atom is -0.462 e. The third kappa shape index (κ3) is 59.0. The molecule has 0 rings (SSSR count). The Bertz CT molecular complexity index is 1640. The van der Waals surface area contributed by atoms with E-state index in [-0.39, 0.29) is 25.7 Å². The Balaban J connectivity index is 5.05. The summed E-state index contributed by atoms with van der Waals surface area (Å²) in [6.07, 6.45) is 43.8. The SMILES string of the molecule is CCCCCCCCCCCCCCCCCCCCCCCC(=O)O[C@H](COC(=O)CCCCCCCCCC(C)C)COP(=O)(O)OC[C@@H](O)COP(=O)(O)OC[C@@H](COC(=O)CCCCCCC)OC(=O)CCCCCCCCCC. The smallest absolute Gasteiger partial charge is 0.462 e. The second-order valence-electron chi connectivity index (χ2n) is 24.0. The zero-order chi connectivity index (χ0) is 62.0. The first-order valence-corrected chi connectivity index (χ1v) is 37.1.